The lowest BCUT2D eigenvalue weighted by atomic mass is 9.95. The van der Waals surface area contributed by atoms with Gasteiger partial charge in [-0.3, -0.25) is 4.68 Å². The molecule has 1 atom stereocenters. The van der Waals surface area contributed by atoms with Gasteiger partial charge in [0.05, 0.1) is 18.9 Å². The van der Waals surface area contributed by atoms with Gasteiger partial charge in [-0.2, -0.15) is 15.2 Å². The van der Waals surface area contributed by atoms with Crippen LogP contribution in [0.4, 0.5) is 5.95 Å². The average Bonchev–Trinajstić information content (AvgIpc) is 3.12. The standard InChI is InChI=1S/C14H18N6O2/c1-5-10-11(13(21)22-4)12(9-6-16-19(3)8(9)2)20-14(18-10)15-7-17-20/h6-7,12H,5H2,1-4H3,(H,15,17,18)/t12-/m0/s1. The van der Waals surface area contributed by atoms with Crippen LogP contribution in [-0.4, -0.2) is 37.6 Å². The summed E-state index contributed by atoms with van der Waals surface area (Å²) in [5, 5.41) is 11.7. The molecule has 22 heavy (non-hydrogen) atoms. The molecule has 0 unspecified atom stereocenters. The predicted molar refractivity (Wildman–Crippen MR) is 79.1 cm³/mol. The van der Waals surface area contributed by atoms with E-state index in [1.165, 1.54) is 13.4 Å². The fourth-order valence-corrected chi connectivity index (χ4v) is 2.71. The Morgan fingerprint density at radius 1 is 1.45 bits per heavy atom. The van der Waals surface area contributed by atoms with Crippen LogP contribution in [-0.2, 0) is 16.6 Å². The maximum atomic E-state index is 12.4. The van der Waals surface area contributed by atoms with E-state index in [1.54, 1.807) is 15.6 Å². The number of hydrogen-bond donors (Lipinski definition) is 1. The van der Waals surface area contributed by atoms with Crippen LogP contribution in [0.25, 0.3) is 0 Å². The van der Waals surface area contributed by atoms with E-state index in [-0.39, 0.29) is 5.97 Å². The normalized spacial score (nSPS) is 17.2. The lowest BCUT2D eigenvalue weighted by Gasteiger charge is -2.28. The number of nitrogens with one attached hydrogen (secondary N) is 1. The van der Waals surface area contributed by atoms with E-state index in [1.807, 2.05) is 20.9 Å². The summed E-state index contributed by atoms with van der Waals surface area (Å²) in [5.74, 6) is 0.233. The zero-order valence-electron chi connectivity index (χ0n) is 13.0. The summed E-state index contributed by atoms with van der Waals surface area (Å²) in [5.41, 5.74) is 3.20. The summed E-state index contributed by atoms with van der Waals surface area (Å²) in [6.07, 6.45) is 3.88. The highest BCUT2D eigenvalue weighted by Crippen LogP contribution is 2.37. The fraction of sp³-hybridized carbons (Fsp3) is 0.429. The number of esters is 1. The van der Waals surface area contributed by atoms with Crippen LogP contribution in [0.3, 0.4) is 0 Å². The Kier molecular flexibility index (Phi) is 3.44. The minimum Gasteiger partial charge on any atom is -0.466 e. The van der Waals surface area contributed by atoms with Gasteiger partial charge in [-0.1, -0.05) is 6.92 Å². The smallest absolute Gasteiger partial charge is 0.338 e. The molecule has 0 saturated heterocycles. The predicted octanol–water partition coefficient (Wildman–Crippen LogP) is 1.17. The van der Waals surface area contributed by atoms with Crippen LogP contribution in [0.5, 0.6) is 0 Å². The van der Waals surface area contributed by atoms with Crippen LogP contribution in [0, 0.1) is 6.92 Å². The Morgan fingerprint density at radius 3 is 2.82 bits per heavy atom. The Balaban J connectivity index is 2.24. The summed E-state index contributed by atoms with van der Waals surface area (Å²) in [7, 11) is 3.25. The van der Waals surface area contributed by atoms with Crippen molar-refractivity contribution in [2.75, 3.05) is 12.4 Å². The van der Waals surface area contributed by atoms with Crippen molar-refractivity contribution in [3.63, 3.8) is 0 Å². The largest absolute Gasteiger partial charge is 0.466 e. The van der Waals surface area contributed by atoms with E-state index < -0.39 is 6.04 Å². The van der Waals surface area contributed by atoms with E-state index in [0.717, 1.165) is 17.0 Å². The van der Waals surface area contributed by atoms with Crippen molar-refractivity contribution in [3.8, 4) is 0 Å². The molecule has 0 aliphatic carbocycles. The molecule has 116 valence electrons. The number of methoxy groups -OCH3 is 1. The van der Waals surface area contributed by atoms with Crippen LogP contribution in [0.2, 0.25) is 0 Å². The number of aryl methyl sites for hydroxylation is 1. The maximum absolute atomic E-state index is 12.4. The van der Waals surface area contributed by atoms with Gasteiger partial charge >= 0.3 is 5.97 Å². The van der Waals surface area contributed by atoms with Crippen molar-refractivity contribution >= 4 is 11.9 Å². The molecule has 8 heteroatoms. The zero-order chi connectivity index (χ0) is 15.9. The van der Waals surface area contributed by atoms with Crippen LogP contribution < -0.4 is 5.32 Å². The molecule has 1 aliphatic heterocycles. The van der Waals surface area contributed by atoms with Crippen LogP contribution >= 0.6 is 0 Å². The second-order valence-corrected chi connectivity index (χ2v) is 5.10. The summed E-state index contributed by atoms with van der Waals surface area (Å²) >= 11 is 0. The zero-order valence-corrected chi connectivity index (χ0v) is 13.0. The fourth-order valence-electron chi connectivity index (χ4n) is 2.71. The van der Waals surface area contributed by atoms with Gasteiger partial charge in [-0.05, 0) is 13.3 Å². The number of anilines is 1. The monoisotopic (exact) mass is 302 g/mol. The highest BCUT2D eigenvalue weighted by molar-refractivity contribution is 5.92. The number of rotatable bonds is 3. The van der Waals surface area contributed by atoms with Crippen molar-refractivity contribution < 1.29 is 9.53 Å². The minimum absolute atomic E-state index is 0.376. The first kappa shape index (κ1) is 14.3. The molecule has 0 aromatic carbocycles. The minimum atomic E-state index is -0.394. The second kappa shape index (κ2) is 5.28. The van der Waals surface area contributed by atoms with Crippen molar-refractivity contribution in [2.45, 2.75) is 26.3 Å². The molecule has 2 aromatic heterocycles. The van der Waals surface area contributed by atoms with Gasteiger partial charge in [-0.15, -0.1) is 0 Å². The summed E-state index contributed by atoms with van der Waals surface area (Å²) < 4.78 is 8.45. The first-order chi connectivity index (χ1) is 10.6. The molecule has 0 radical (unpaired) electrons. The molecule has 1 aliphatic rings. The number of aromatic nitrogens is 5. The molecule has 0 bridgehead atoms. The molecule has 0 saturated carbocycles. The molecule has 0 spiro atoms. The number of ether oxygens (including phenoxy) is 1. The molecule has 1 N–H and O–H groups in total. The third kappa shape index (κ3) is 1.99. The Labute approximate surface area is 127 Å². The Bertz CT molecular complexity index is 757. The maximum Gasteiger partial charge on any atom is 0.338 e. The van der Waals surface area contributed by atoms with Gasteiger partial charge in [-0.25, -0.2) is 9.48 Å². The summed E-state index contributed by atoms with van der Waals surface area (Å²) in [6, 6.07) is -0.394. The van der Waals surface area contributed by atoms with Crippen molar-refractivity contribution in [1.29, 1.82) is 0 Å². The van der Waals surface area contributed by atoms with Gasteiger partial charge in [0.1, 0.15) is 12.4 Å². The third-order valence-corrected chi connectivity index (χ3v) is 4.01. The van der Waals surface area contributed by atoms with Crippen molar-refractivity contribution in [2.24, 2.45) is 7.05 Å². The molecule has 0 amide bonds. The Hall–Kier alpha value is -2.64. The number of fused-ring (bicyclic) bond motifs is 1. The van der Waals surface area contributed by atoms with E-state index in [9.17, 15) is 4.79 Å². The second-order valence-electron chi connectivity index (χ2n) is 5.10. The first-order valence-electron chi connectivity index (χ1n) is 7.04. The molecule has 0 fully saturated rings. The SMILES string of the molecule is CCC1=C(C(=O)OC)[C@H](c2cnn(C)c2C)n2ncnc2N1. The van der Waals surface area contributed by atoms with Crippen molar-refractivity contribution in [1.82, 2.24) is 24.5 Å². The number of carbonyl (C=O) groups excluding carboxylic acids is 1. The van der Waals surface area contributed by atoms with Gasteiger partial charge in [0.2, 0.25) is 5.95 Å². The van der Waals surface area contributed by atoms with E-state index in [2.05, 4.69) is 20.5 Å². The van der Waals surface area contributed by atoms with E-state index in [0.29, 0.717) is 17.9 Å². The Morgan fingerprint density at radius 2 is 2.23 bits per heavy atom. The summed E-state index contributed by atoms with van der Waals surface area (Å²) in [4.78, 5) is 16.6. The molecule has 8 nitrogen and oxygen atoms in total. The lowest BCUT2D eigenvalue weighted by molar-refractivity contribution is -0.136. The molecule has 3 rings (SSSR count). The number of nitrogens with zero attached hydrogens (tertiary/aromatic N) is 5. The van der Waals surface area contributed by atoms with Gasteiger partial charge < -0.3 is 10.1 Å². The van der Waals surface area contributed by atoms with Crippen LogP contribution in [0.15, 0.2) is 23.8 Å². The highest BCUT2D eigenvalue weighted by Gasteiger charge is 2.36. The van der Waals surface area contributed by atoms with Crippen LogP contribution in [0.1, 0.15) is 30.6 Å². The number of hydrogen-bond acceptors (Lipinski definition) is 6. The quantitative estimate of drug-likeness (QED) is 0.857. The average molecular weight is 302 g/mol. The highest BCUT2D eigenvalue weighted by atomic mass is 16.5. The van der Waals surface area contributed by atoms with Gasteiger partial charge in [0.15, 0.2) is 0 Å². The molecular formula is C14H18N6O2. The topological polar surface area (TPSA) is 86.9 Å². The molecule has 3 heterocycles. The third-order valence-electron chi connectivity index (χ3n) is 4.01. The summed E-state index contributed by atoms with van der Waals surface area (Å²) in [6.45, 7) is 3.94. The molecule has 2 aromatic rings. The number of allylic oxidation sites excluding steroid dienone is 1. The van der Waals surface area contributed by atoms with Gasteiger partial charge in [0.25, 0.3) is 0 Å². The van der Waals surface area contributed by atoms with E-state index in [4.69, 9.17) is 4.74 Å². The van der Waals surface area contributed by atoms with Crippen molar-refractivity contribution in [3.05, 3.63) is 35.1 Å². The first-order valence-corrected chi connectivity index (χ1v) is 7.04. The number of carbonyl (C=O) groups is 1. The lowest BCUT2D eigenvalue weighted by Crippen LogP contribution is -2.30. The van der Waals surface area contributed by atoms with E-state index >= 15 is 0 Å². The molecular weight excluding hydrogens is 284 g/mol. The van der Waals surface area contributed by atoms with Gasteiger partial charge in [0, 0.05) is 24.0 Å².